The number of hydrogen-bond donors (Lipinski definition) is 3. The first-order valence-corrected chi connectivity index (χ1v) is 8.91. The predicted octanol–water partition coefficient (Wildman–Crippen LogP) is 0.597. The minimum Gasteiger partial charge on any atom is -0.393 e. The van der Waals surface area contributed by atoms with Crippen LogP contribution >= 0.6 is 0 Å². The fourth-order valence-electron chi connectivity index (χ4n) is 2.17. The summed E-state index contributed by atoms with van der Waals surface area (Å²) in [6, 6.07) is 1.64. The van der Waals surface area contributed by atoms with E-state index >= 15 is 0 Å². The molecule has 1 aliphatic rings. The number of sulfone groups is 1. The summed E-state index contributed by atoms with van der Waals surface area (Å²) in [6.45, 7) is 4.74. The average molecular weight is 324 g/mol. The molecule has 1 atom stereocenters. The Kier molecular flexibility index (Phi) is 4.71. The molecular weight excluding hydrogens is 304 g/mol. The number of nitrogens with zero attached hydrogens (tertiary/aromatic N) is 3. The van der Waals surface area contributed by atoms with Gasteiger partial charge in [0.15, 0.2) is 21.5 Å². The molecule has 1 aromatic rings. The van der Waals surface area contributed by atoms with Crippen molar-refractivity contribution in [1.82, 2.24) is 9.97 Å². The van der Waals surface area contributed by atoms with Crippen LogP contribution in [0.2, 0.25) is 0 Å². The lowest BCUT2D eigenvalue weighted by molar-refractivity contribution is 0.602. The minimum absolute atomic E-state index is 0.0104. The highest BCUT2D eigenvalue weighted by Gasteiger charge is 2.29. The number of nitriles is 1. The summed E-state index contributed by atoms with van der Waals surface area (Å²) in [5.74, 6) is 1.27. The van der Waals surface area contributed by atoms with E-state index < -0.39 is 9.84 Å². The molecule has 120 valence electrons. The van der Waals surface area contributed by atoms with Crippen molar-refractivity contribution in [3.63, 3.8) is 0 Å². The van der Waals surface area contributed by atoms with Gasteiger partial charge in [-0.1, -0.05) is 13.8 Å². The second-order valence-corrected chi connectivity index (χ2v) is 8.02. The molecule has 0 spiro atoms. The third-order valence-electron chi connectivity index (χ3n) is 3.30. The van der Waals surface area contributed by atoms with Gasteiger partial charge in [0.1, 0.15) is 11.8 Å². The third-order valence-corrected chi connectivity index (χ3v) is 5.06. The van der Waals surface area contributed by atoms with E-state index in [0.29, 0.717) is 36.2 Å². The third kappa shape index (κ3) is 3.98. The zero-order valence-electron chi connectivity index (χ0n) is 12.6. The number of nitrogens with two attached hydrogens (primary N) is 1. The maximum absolute atomic E-state index is 11.5. The maximum Gasteiger partial charge on any atom is 0.236 e. The van der Waals surface area contributed by atoms with Crippen LogP contribution in [0.15, 0.2) is 0 Å². The quantitative estimate of drug-likeness (QED) is 0.716. The number of aromatic nitrogens is 2. The number of nitrogen functional groups attached to an aromatic ring is 1. The molecule has 1 aromatic heterocycles. The zero-order valence-corrected chi connectivity index (χ0v) is 13.4. The monoisotopic (exact) mass is 324 g/mol. The Bertz CT molecular complexity index is 695. The summed E-state index contributed by atoms with van der Waals surface area (Å²) < 4.78 is 23.0. The van der Waals surface area contributed by atoms with Crippen LogP contribution in [0, 0.1) is 17.2 Å². The molecule has 0 aliphatic carbocycles. The van der Waals surface area contributed by atoms with Gasteiger partial charge in [0.25, 0.3) is 0 Å². The first-order valence-electron chi connectivity index (χ1n) is 7.09. The van der Waals surface area contributed by atoms with Crippen molar-refractivity contribution >= 4 is 27.2 Å². The molecule has 4 N–H and O–H groups in total. The van der Waals surface area contributed by atoms with Crippen LogP contribution in [0.1, 0.15) is 26.1 Å². The van der Waals surface area contributed by atoms with Gasteiger partial charge in [0.05, 0.1) is 11.5 Å². The van der Waals surface area contributed by atoms with Crippen molar-refractivity contribution in [2.45, 2.75) is 26.3 Å². The molecule has 0 saturated carbocycles. The molecule has 0 radical (unpaired) electrons. The van der Waals surface area contributed by atoms with Gasteiger partial charge in [0, 0.05) is 12.6 Å². The SMILES string of the molecule is CC(C)CNc1nc(C#N)nc(NC2CCS(=O)(=O)C2)c1N. The van der Waals surface area contributed by atoms with E-state index in [2.05, 4.69) is 20.6 Å². The summed E-state index contributed by atoms with van der Waals surface area (Å²) in [7, 11) is -3.00. The van der Waals surface area contributed by atoms with Crippen molar-refractivity contribution in [1.29, 1.82) is 5.26 Å². The standard InChI is InChI=1S/C13H20N6O2S/c1-8(2)6-16-12-11(15)13(19-10(5-14)18-12)17-9-3-4-22(20,21)7-9/h8-9H,3-4,6-7,15H2,1-2H3,(H2,16,17,18,19). The molecular formula is C13H20N6O2S. The van der Waals surface area contributed by atoms with E-state index in [1.165, 1.54) is 0 Å². The van der Waals surface area contributed by atoms with Crippen LogP contribution in [0.3, 0.4) is 0 Å². The number of hydrogen-bond acceptors (Lipinski definition) is 8. The largest absolute Gasteiger partial charge is 0.393 e. The van der Waals surface area contributed by atoms with Crippen molar-refractivity contribution in [3.05, 3.63) is 5.82 Å². The van der Waals surface area contributed by atoms with E-state index in [0.717, 1.165) is 0 Å². The summed E-state index contributed by atoms with van der Waals surface area (Å²) in [5, 5.41) is 15.1. The maximum atomic E-state index is 11.5. The Morgan fingerprint density at radius 1 is 1.41 bits per heavy atom. The summed E-state index contributed by atoms with van der Waals surface area (Å²) >= 11 is 0. The summed E-state index contributed by atoms with van der Waals surface area (Å²) in [6.07, 6.45) is 0.502. The Morgan fingerprint density at radius 2 is 2.09 bits per heavy atom. The first kappa shape index (κ1) is 16.3. The van der Waals surface area contributed by atoms with Crippen LogP contribution in [-0.2, 0) is 9.84 Å². The molecule has 8 nitrogen and oxygen atoms in total. The van der Waals surface area contributed by atoms with Crippen LogP contribution < -0.4 is 16.4 Å². The van der Waals surface area contributed by atoms with E-state index in [-0.39, 0.29) is 23.4 Å². The molecule has 2 heterocycles. The van der Waals surface area contributed by atoms with E-state index in [1.54, 1.807) is 0 Å². The van der Waals surface area contributed by atoms with Gasteiger partial charge in [-0.15, -0.1) is 0 Å². The second kappa shape index (κ2) is 6.36. The topological polar surface area (TPSA) is 134 Å². The second-order valence-electron chi connectivity index (χ2n) is 5.79. The van der Waals surface area contributed by atoms with Crippen molar-refractivity contribution in [2.75, 3.05) is 34.4 Å². The Labute approximate surface area is 130 Å². The molecule has 1 saturated heterocycles. The number of anilines is 3. The highest BCUT2D eigenvalue weighted by molar-refractivity contribution is 7.91. The summed E-state index contributed by atoms with van der Waals surface area (Å²) in [4.78, 5) is 8.11. The Balaban J connectivity index is 2.23. The van der Waals surface area contributed by atoms with Crippen molar-refractivity contribution in [2.24, 2.45) is 5.92 Å². The van der Waals surface area contributed by atoms with Gasteiger partial charge < -0.3 is 16.4 Å². The van der Waals surface area contributed by atoms with Crippen molar-refractivity contribution < 1.29 is 8.42 Å². The fourth-order valence-corrected chi connectivity index (χ4v) is 3.84. The van der Waals surface area contributed by atoms with Gasteiger partial charge in [0.2, 0.25) is 5.82 Å². The molecule has 1 unspecified atom stereocenters. The van der Waals surface area contributed by atoms with Gasteiger partial charge in [-0.3, -0.25) is 0 Å². The van der Waals surface area contributed by atoms with Crippen LogP contribution in [-0.4, -0.2) is 42.5 Å². The van der Waals surface area contributed by atoms with Crippen LogP contribution in [0.4, 0.5) is 17.3 Å². The molecule has 0 bridgehead atoms. The molecule has 2 rings (SSSR count). The Hall–Kier alpha value is -2.08. The van der Waals surface area contributed by atoms with E-state index in [1.807, 2.05) is 19.9 Å². The summed E-state index contributed by atoms with van der Waals surface area (Å²) in [5.41, 5.74) is 6.33. The normalized spacial score (nSPS) is 19.8. The fraction of sp³-hybridized carbons (Fsp3) is 0.615. The molecule has 22 heavy (non-hydrogen) atoms. The molecule has 0 aromatic carbocycles. The highest BCUT2D eigenvalue weighted by atomic mass is 32.2. The smallest absolute Gasteiger partial charge is 0.236 e. The lowest BCUT2D eigenvalue weighted by Crippen LogP contribution is -2.23. The van der Waals surface area contributed by atoms with Crippen LogP contribution in [0.25, 0.3) is 0 Å². The van der Waals surface area contributed by atoms with Gasteiger partial charge in [-0.05, 0) is 12.3 Å². The Morgan fingerprint density at radius 3 is 2.64 bits per heavy atom. The molecule has 1 aliphatic heterocycles. The van der Waals surface area contributed by atoms with E-state index in [9.17, 15) is 8.42 Å². The average Bonchev–Trinajstić information content (AvgIpc) is 2.78. The zero-order chi connectivity index (χ0) is 16.3. The predicted molar refractivity (Wildman–Crippen MR) is 85.2 cm³/mol. The van der Waals surface area contributed by atoms with Crippen molar-refractivity contribution in [3.8, 4) is 6.07 Å². The van der Waals surface area contributed by atoms with Gasteiger partial charge in [-0.2, -0.15) is 15.2 Å². The molecule has 9 heteroatoms. The lowest BCUT2D eigenvalue weighted by Gasteiger charge is -2.16. The van der Waals surface area contributed by atoms with Gasteiger partial charge in [-0.25, -0.2) is 8.42 Å². The van der Waals surface area contributed by atoms with Gasteiger partial charge >= 0.3 is 0 Å². The lowest BCUT2D eigenvalue weighted by atomic mass is 10.2. The first-order chi connectivity index (χ1) is 10.3. The van der Waals surface area contributed by atoms with E-state index in [4.69, 9.17) is 11.0 Å². The number of rotatable bonds is 5. The molecule has 0 amide bonds. The minimum atomic E-state index is -3.00. The van der Waals surface area contributed by atoms with Crippen LogP contribution in [0.5, 0.6) is 0 Å². The highest BCUT2D eigenvalue weighted by Crippen LogP contribution is 2.26. The molecule has 1 fully saturated rings. The number of nitrogens with one attached hydrogen (secondary N) is 2.